The average molecular weight is 461 g/mol. The number of nitrogens with zero attached hydrogens (tertiary/aromatic N) is 6. The molecule has 34 heavy (non-hydrogen) atoms. The van der Waals surface area contributed by atoms with Gasteiger partial charge in [0.05, 0.1) is 25.4 Å². The van der Waals surface area contributed by atoms with Crippen molar-refractivity contribution in [3.63, 3.8) is 0 Å². The Morgan fingerprint density at radius 1 is 0.794 bits per heavy atom. The predicted octanol–water partition coefficient (Wildman–Crippen LogP) is 1.55. The number of piperazine rings is 1. The lowest BCUT2D eigenvalue weighted by atomic mass is 10.2. The van der Waals surface area contributed by atoms with Crippen molar-refractivity contribution in [3.8, 4) is 17.1 Å². The first-order valence-electron chi connectivity index (χ1n) is 11.6. The van der Waals surface area contributed by atoms with Gasteiger partial charge in [-0.05, 0) is 12.1 Å². The van der Waals surface area contributed by atoms with E-state index in [1.54, 1.807) is 9.58 Å². The number of hydrogen-bond donors (Lipinski definition) is 0. The van der Waals surface area contributed by atoms with Crippen LogP contribution in [0.1, 0.15) is 10.6 Å². The van der Waals surface area contributed by atoms with E-state index < -0.39 is 0 Å². The second-order valence-electron chi connectivity index (χ2n) is 8.43. The number of carbonyl (C=O) groups excluding carboxylic acids is 2. The molecule has 1 aromatic heterocycles. The van der Waals surface area contributed by atoms with Crippen molar-refractivity contribution in [2.24, 2.45) is 0 Å². The molecule has 0 radical (unpaired) electrons. The van der Waals surface area contributed by atoms with Gasteiger partial charge in [0.15, 0.2) is 5.82 Å². The number of rotatable bonds is 5. The summed E-state index contributed by atoms with van der Waals surface area (Å²) in [6.45, 7) is 5.24. The Hall–Kier alpha value is -3.56. The molecular formula is C25H28N6O3. The molecule has 2 aromatic carbocycles. The Balaban J connectivity index is 1.28. The van der Waals surface area contributed by atoms with Crippen LogP contribution in [0.4, 0.5) is 0 Å². The second kappa shape index (κ2) is 10.1. The van der Waals surface area contributed by atoms with E-state index in [4.69, 9.17) is 4.74 Å². The van der Waals surface area contributed by atoms with Crippen LogP contribution in [0.5, 0.6) is 0 Å². The van der Waals surface area contributed by atoms with E-state index in [0.717, 1.165) is 11.3 Å². The van der Waals surface area contributed by atoms with Crippen LogP contribution in [-0.4, -0.2) is 100 Å². The lowest BCUT2D eigenvalue weighted by Gasteiger charge is -2.35. The van der Waals surface area contributed by atoms with Crippen molar-refractivity contribution < 1.29 is 14.3 Å². The van der Waals surface area contributed by atoms with Gasteiger partial charge in [0.1, 0.15) is 0 Å². The molecule has 2 aliphatic heterocycles. The van der Waals surface area contributed by atoms with Crippen LogP contribution < -0.4 is 0 Å². The van der Waals surface area contributed by atoms with Gasteiger partial charge in [0, 0.05) is 44.8 Å². The molecule has 2 fully saturated rings. The summed E-state index contributed by atoms with van der Waals surface area (Å²) in [5.74, 6) is 0.746. The number of para-hydroxylation sites is 1. The normalized spacial score (nSPS) is 17.1. The standard InChI is InChI=1S/C25H28N6O3/c32-22(29-15-17-34-18-16-29)19-28-11-13-30(14-12-28)25(33)23-26-24(20-7-3-1-4-8-20)31(27-23)21-9-5-2-6-10-21/h1-10H,11-19H2. The number of carbonyl (C=O) groups is 2. The van der Waals surface area contributed by atoms with Crippen LogP contribution in [0.25, 0.3) is 17.1 Å². The third-order valence-corrected chi connectivity index (χ3v) is 6.21. The van der Waals surface area contributed by atoms with Gasteiger partial charge in [0.2, 0.25) is 11.7 Å². The minimum Gasteiger partial charge on any atom is -0.378 e. The van der Waals surface area contributed by atoms with Crippen molar-refractivity contribution in [3.05, 3.63) is 66.5 Å². The van der Waals surface area contributed by atoms with Crippen molar-refractivity contribution in [2.75, 3.05) is 59.0 Å². The molecule has 0 unspecified atom stereocenters. The van der Waals surface area contributed by atoms with Gasteiger partial charge in [-0.15, -0.1) is 5.10 Å². The second-order valence-corrected chi connectivity index (χ2v) is 8.43. The highest BCUT2D eigenvalue weighted by atomic mass is 16.5. The lowest BCUT2D eigenvalue weighted by Crippen LogP contribution is -2.52. The highest BCUT2D eigenvalue weighted by Gasteiger charge is 2.28. The number of amides is 2. The van der Waals surface area contributed by atoms with E-state index in [9.17, 15) is 9.59 Å². The zero-order chi connectivity index (χ0) is 23.3. The summed E-state index contributed by atoms with van der Waals surface area (Å²) in [5.41, 5.74) is 1.74. The number of aromatic nitrogens is 3. The third kappa shape index (κ3) is 4.85. The summed E-state index contributed by atoms with van der Waals surface area (Å²) < 4.78 is 7.05. The van der Waals surface area contributed by atoms with Crippen LogP contribution in [0, 0.1) is 0 Å². The maximum atomic E-state index is 13.3. The Morgan fingerprint density at radius 2 is 1.44 bits per heavy atom. The first kappa shape index (κ1) is 22.2. The maximum Gasteiger partial charge on any atom is 0.293 e. The van der Waals surface area contributed by atoms with Crippen LogP contribution in [-0.2, 0) is 9.53 Å². The average Bonchev–Trinajstić information content (AvgIpc) is 3.36. The summed E-state index contributed by atoms with van der Waals surface area (Å²) in [5, 5.41) is 4.59. The monoisotopic (exact) mass is 460 g/mol. The molecule has 0 atom stereocenters. The fourth-order valence-corrected chi connectivity index (χ4v) is 4.28. The molecule has 0 N–H and O–H groups in total. The smallest absolute Gasteiger partial charge is 0.293 e. The van der Waals surface area contributed by atoms with Crippen molar-refractivity contribution in [1.29, 1.82) is 0 Å². The largest absolute Gasteiger partial charge is 0.378 e. The molecule has 9 heteroatoms. The van der Waals surface area contributed by atoms with Gasteiger partial charge < -0.3 is 14.5 Å². The Labute approximate surface area is 198 Å². The van der Waals surface area contributed by atoms with E-state index in [2.05, 4.69) is 15.0 Å². The number of ether oxygens (including phenoxy) is 1. The lowest BCUT2D eigenvalue weighted by molar-refractivity contribution is -0.136. The van der Waals surface area contributed by atoms with Gasteiger partial charge in [-0.25, -0.2) is 9.67 Å². The van der Waals surface area contributed by atoms with Gasteiger partial charge in [-0.3, -0.25) is 14.5 Å². The molecule has 2 saturated heterocycles. The Morgan fingerprint density at radius 3 is 2.12 bits per heavy atom. The third-order valence-electron chi connectivity index (χ3n) is 6.21. The topological polar surface area (TPSA) is 83.8 Å². The molecule has 0 saturated carbocycles. The first-order valence-corrected chi connectivity index (χ1v) is 11.6. The predicted molar refractivity (Wildman–Crippen MR) is 127 cm³/mol. The molecule has 0 aliphatic carbocycles. The van der Waals surface area contributed by atoms with Crippen LogP contribution in [0.15, 0.2) is 60.7 Å². The fourth-order valence-electron chi connectivity index (χ4n) is 4.28. The van der Waals surface area contributed by atoms with Crippen molar-refractivity contribution >= 4 is 11.8 Å². The number of hydrogen-bond acceptors (Lipinski definition) is 6. The highest BCUT2D eigenvalue weighted by molar-refractivity contribution is 5.91. The molecular weight excluding hydrogens is 432 g/mol. The highest BCUT2D eigenvalue weighted by Crippen LogP contribution is 2.21. The molecule has 2 amide bonds. The summed E-state index contributed by atoms with van der Waals surface area (Å²) in [6.07, 6.45) is 0. The van der Waals surface area contributed by atoms with Crippen LogP contribution in [0.3, 0.4) is 0 Å². The van der Waals surface area contributed by atoms with E-state index in [-0.39, 0.29) is 17.6 Å². The molecule has 0 spiro atoms. The van der Waals surface area contributed by atoms with E-state index in [1.165, 1.54) is 0 Å². The Kier molecular flexibility index (Phi) is 6.64. The van der Waals surface area contributed by atoms with Crippen LogP contribution >= 0.6 is 0 Å². The van der Waals surface area contributed by atoms with Crippen molar-refractivity contribution in [2.45, 2.75) is 0 Å². The SMILES string of the molecule is O=C(CN1CCN(C(=O)c2nc(-c3ccccc3)n(-c3ccccc3)n2)CC1)N1CCOCC1. The molecule has 2 aliphatic rings. The molecule has 3 aromatic rings. The number of morpholine rings is 1. The minimum absolute atomic E-state index is 0.124. The fraction of sp³-hybridized carbons (Fsp3) is 0.360. The van der Waals surface area contributed by atoms with Gasteiger partial charge in [-0.1, -0.05) is 48.5 Å². The molecule has 0 bridgehead atoms. The van der Waals surface area contributed by atoms with Crippen molar-refractivity contribution in [1.82, 2.24) is 29.5 Å². The van der Waals surface area contributed by atoms with Crippen LogP contribution in [0.2, 0.25) is 0 Å². The zero-order valence-electron chi connectivity index (χ0n) is 19.0. The minimum atomic E-state index is -0.189. The van der Waals surface area contributed by atoms with Gasteiger partial charge in [-0.2, -0.15) is 0 Å². The van der Waals surface area contributed by atoms with E-state index >= 15 is 0 Å². The summed E-state index contributed by atoms with van der Waals surface area (Å²) in [6, 6.07) is 19.5. The molecule has 9 nitrogen and oxygen atoms in total. The zero-order valence-corrected chi connectivity index (χ0v) is 19.0. The summed E-state index contributed by atoms with van der Waals surface area (Å²) in [7, 11) is 0. The first-order chi connectivity index (χ1) is 16.7. The maximum absolute atomic E-state index is 13.3. The summed E-state index contributed by atoms with van der Waals surface area (Å²) >= 11 is 0. The van der Waals surface area contributed by atoms with E-state index in [1.807, 2.05) is 65.6 Å². The molecule has 5 rings (SSSR count). The van der Waals surface area contributed by atoms with Gasteiger partial charge in [0.25, 0.3) is 5.91 Å². The molecule has 3 heterocycles. The Bertz CT molecular complexity index is 1060. The number of benzene rings is 2. The van der Waals surface area contributed by atoms with Gasteiger partial charge >= 0.3 is 0 Å². The van der Waals surface area contributed by atoms with E-state index in [0.29, 0.717) is 64.9 Å². The quantitative estimate of drug-likeness (QED) is 0.575. The molecule has 176 valence electrons. The summed E-state index contributed by atoms with van der Waals surface area (Å²) in [4.78, 5) is 36.2.